The number of rotatable bonds is 8. The molecule has 0 fully saturated rings. The number of halogens is 3. The van der Waals surface area contributed by atoms with Gasteiger partial charge in [-0.05, 0) is 72.5 Å². The molecule has 0 amide bonds. The number of aliphatic hydroxyl groups is 1. The van der Waals surface area contributed by atoms with E-state index in [9.17, 15) is 23.1 Å². The van der Waals surface area contributed by atoms with Gasteiger partial charge in [-0.3, -0.25) is 9.79 Å². The van der Waals surface area contributed by atoms with E-state index >= 15 is 0 Å². The van der Waals surface area contributed by atoms with Crippen LogP contribution in [0.25, 0.3) is 5.70 Å². The standard InChI is InChI=1S/C25H25F3N2O3/c1-15(2)25-29-21(16-3-7-18(26)8-4-16)13-22(17-5-9-19(27)10-6-17)30(25)14-20(28)23(31)11-12-24(32)33/h3-10,13-15,23,25,31H,11-12H2,1-2H3,(H,32,33)/t23-,25?/m0/s1. The molecular formula is C25H25F3N2O3. The predicted molar refractivity (Wildman–Crippen MR) is 120 cm³/mol. The minimum absolute atomic E-state index is 0.107. The van der Waals surface area contributed by atoms with Gasteiger partial charge in [0.05, 0.1) is 11.4 Å². The number of benzene rings is 2. The molecule has 0 saturated heterocycles. The molecule has 2 N–H and O–H groups in total. The zero-order valence-corrected chi connectivity index (χ0v) is 18.3. The molecule has 2 atom stereocenters. The van der Waals surface area contributed by atoms with Gasteiger partial charge in [0.2, 0.25) is 0 Å². The van der Waals surface area contributed by atoms with Crippen molar-refractivity contribution < 1.29 is 28.2 Å². The number of aliphatic imine (C=N–C) groups is 1. The number of nitrogens with zero attached hydrogens (tertiary/aromatic N) is 2. The van der Waals surface area contributed by atoms with Crippen LogP contribution >= 0.6 is 0 Å². The SMILES string of the molecule is CC(C)C1N=C(c2ccc(F)cc2)C=C(c2ccc(F)cc2)N1C=C(F)[C@@H](O)CCC(=O)O. The lowest BCUT2D eigenvalue weighted by Crippen LogP contribution is -2.37. The molecule has 0 saturated carbocycles. The second-order valence-corrected chi connectivity index (χ2v) is 8.08. The van der Waals surface area contributed by atoms with Crippen LogP contribution in [0.15, 0.2) is 71.6 Å². The largest absolute Gasteiger partial charge is 0.481 e. The maximum atomic E-state index is 14.9. The van der Waals surface area contributed by atoms with Gasteiger partial charge in [0.1, 0.15) is 29.7 Å². The Labute approximate surface area is 190 Å². The topological polar surface area (TPSA) is 73.1 Å². The van der Waals surface area contributed by atoms with E-state index in [1.807, 2.05) is 13.8 Å². The molecule has 33 heavy (non-hydrogen) atoms. The summed E-state index contributed by atoms with van der Waals surface area (Å²) in [6.07, 6.45) is -0.0519. The fourth-order valence-electron chi connectivity index (χ4n) is 3.45. The second-order valence-electron chi connectivity index (χ2n) is 8.08. The van der Waals surface area contributed by atoms with Gasteiger partial charge in [-0.1, -0.05) is 13.8 Å². The molecule has 0 aromatic heterocycles. The molecule has 0 radical (unpaired) electrons. The zero-order valence-electron chi connectivity index (χ0n) is 18.3. The first-order valence-electron chi connectivity index (χ1n) is 10.5. The lowest BCUT2D eigenvalue weighted by atomic mass is 9.99. The highest BCUT2D eigenvalue weighted by Crippen LogP contribution is 2.32. The number of hydrogen-bond donors (Lipinski definition) is 2. The number of carbonyl (C=O) groups is 1. The van der Waals surface area contributed by atoms with Crippen LogP contribution in [0.3, 0.4) is 0 Å². The van der Waals surface area contributed by atoms with Gasteiger partial charge < -0.3 is 15.1 Å². The number of aliphatic carboxylic acids is 1. The zero-order chi connectivity index (χ0) is 24.1. The first-order valence-corrected chi connectivity index (χ1v) is 10.5. The third kappa shape index (κ3) is 6.10. The van der Waals surface area contributed by atoms with Gasteiger partial charge >= 0.3 is 5.97 Å². The number of allylic oxidation sites excluding steroid dienone is 1. The van der Waals surface area contributed by atoms with Crippen molar-refractivity contribution >= 4 is 17.4 Å². The Bertz CT molecular complexity index is 1080. The molecule has 1 aliphatic heterocycles. The van der Waals surface area contributed by atoms with E-state index < -0.39 is 29.9 Å². The molecule has 0 spiro atoms. The summed E-state index contributed by atoms with van der Waals surface area (Å²) in [5, 5.41) is 18.9. The summed E-state index contributed by atoms with van der Waals surface area (Å²) in [6.45, 7) is 3.79. The van der Waals surface area contributed by atoms with Crippen LogP contribution in [0.4, 0.5) is 13.2 Å². The Kier molecular flexibility index (Phi) is 7.71. The average molecular weight is 458 g/mol. The Balaban J connectivity index is 2.08. The lowest BCUT2D eigenvalue weighted by molar-refractivity contribution is -0.137. The van der Waals surface area contributed by atoms with Gasteiger partial charge in [0.15, 0.2) is 0 Å². The highest BCUT2D eigenvalue weighted by molar-refractivity contribution is 6.13. The summed E-state index contributed by atoms with van der Waals surface area (Å²) >= 11 is 0. The van der Waals surface area contributed by atoms with E-state index in [0.717, 1.165) is 6.20 Å². The van der Waals surface area contributed by atoms with Gasteiger partial charge in [0, 0.05) is 18.2 Å². The van der Waals surface area contributed by atoms with Crippen molar-refractivity contribution in [2.45, 2.75) is 39.0 Å². The van der Waals surface area contributed by atoms with Crippen LogP contribution in [0.5, 0.6) is 0 Å². The fraction of sp³-hybridized carbons (Fsp3) is 0.280. The van der Waals surface area contributed by atoms with Crippen molar-refractivity contribution in [3.8, 4) is 0 Å². The minimum Gasteiger partial charge on any atom is -0.481 e. The molecular weight excluding hydrogens is 433 g/mol. The fourth-order valence-corrected chi connectivity index (χ4v) is 3.45. The molecule has 0 aliphatic carbocycles. The molecule has 2 aromatic rings. The van der Waals surface area contributed by atoms with E-state index in [2.05, 4.69) is 0 Å². The van der Waals surface area contributed by atoms with Crippen LogP contribution in [-0.2, 0) is 4.79 Å². The molecule has 2 aromatic carbocycles. The molecule has 8 heteroatoms. The molecule has 0 bridgehead atoms. The quantitative estimate of drug-likeness (QED) is 0.575. The van der Waals surface area contributed by atoms with Gasteiger partial charge in [-0.15, -0.1) is 0 Å². The van der Waals surface area contributed by atoms with Crippen molar-refractivity contribution in [3.63, 3.8) is 0 Å². The molecule has 5 nitrogen and oxygen atoms in total. The van der Waals surface area contributed by atoms with Gasteiger partial charge in [-0.25, -0.2) is 13.2 Å². The maximum absolute atomic E-state index is 14.9. The average Bonchev–Trinajstić information content (AvgIpc) is 2.78. The normalized spacial score (nSPS) is 17.6. The number of carboxylic acids is 1. The van der Waals surface area contributed by atoms with Crippen molar-refractivity contribution in [1.82, 2.24) is 4.90 Å². The molecule has 1 unspecified atom stereocenters. The van der Waals surface area contributed by atoms with E-state index in [4.69, 9.17) is 10.1 Å². The number of hydrogen-bond acceptors (Lipinski definition) is 4. The number of carboxylic acid groups (broad SMARTS) is 1. The Morgan fingerprint density at radius 3 is 2.12 bits per heavy atom. The smallest absolute Gasteiger partial charge is 0.303 e. The summed E-state index contributed by atoms with van der Waals surface area (Å²) in [5.74, 6) is -2.97. The summed E-state index contributed by atoms with van der Waals surface area (Å²) in [6, 6.07) is 11.5. The van der Waals surface area contributed by atoms with E-state index in [1.165, 1.54) is 24.3 Å². The molecule has 3 rings (SSSR count). The molecule has 1 aliphatic rings. The van der Waals surface area contributed by atoms with Crippen LogP contribution in [0.1, 0.15) is 37.8 Å². The first kappa shape index (κ1) is 24.3. The van der Waals surface area contributed by atoms with Crippen molar-refractivity contribution in [2.24, 2.45) is 10.9 Å². The van der Waals surface area contributed by atoms with E-state index in [-0.39, 0.29) is 24.6 Å². The summed E-state index contributed by atoms with van der Waals surface area (Å²) < 4.78 is 41.9. The summed E-state index contributed by atoms with van der Waals surface area (Å²) in [4.78, 5) is 17.0. The highest BCUT2D eigenvalue weighted by Gasteiger charge is 2.29. The Morgan fingerprint density at radius 2 is 1.61 bits per heavy atom. The third-order valence-electron chi connectivity index (χ3n) is 5.20. The van der Waals surface area contributed by atoms with E-state index in [0.29, 0.717) is 22.5 Å². The maximum Gasteiger partial charge on any atom is 0.303 e. The van der Waals surface area contributed by atoms with Crippen LogP contribution in [0, 0.1) is 17.6 Å². The summed E-state index contributed by atoms with van der Waals surface area (Å²) in [7, 11) is 0. The van der Waals surface area contributed by atoms with Gasteiger partial charge in [-0.2, -0.15) is 0 Å². The first-order chi connectivity index (χ1) is 15.7. The molecule has 1 heterocycles. The predicted octanol–water partition coefficient (Wildman–Crippen LogP) is 5.13. The lowest BCUT2D eigenvalue weighted by Gasteiger charge is -2.36. The summed E-state index contributed by atoms with van der Waals surface area (Å²) in [5.41, 5.74) is 2.29. The molecule has 174 valence electrons. The second kappa shape index (κ2) is 10.5. The number of aliphatic hydroxyl groups excluding tert-OH is 1. The van der Waals surface area contributed by atoms with Gasteiger partial charge in [0.25, 0.3) is 0 Å². The highest BCUT2D eigenvalue weighted by atomic mass is 19.1. The third-order valence-corrected chi connectivity index (χ3v) is 5.20. The van der Waals surface area contributed by atoms with Crippen LogP contribution < -0.4 is 0 Å². The van der Waals surface area contributed by atoms with Crippen LogP contribution in [0.2, 0.25) is 0 Å². The Morgan fingerprint density at radius 1 is 1.06 bits per heavy atom. The minimum atomic E-state index is -1.59. The monoisotopic (exact) mass is 458 g/mol. The van der Waals surface area contributed by atoms with E-state index in [1.54, 1.807) is 35.2 Å². The Hall–Kier alpha value is -3.39. The van der Waals surface area contributed by atoms with Crippen molar-refractivity contribution in [1.29, 1.82) is 0 Å². The van der Waals surface area contributed by atoms with Crippen molar-refractivity contribution in [3.05, 3.63) is 89.4 Å². The van der Waals surface area contributed by atoms with Crippen molar-refractivity contribution in [2.75, 3.05) is 0 Å². The van der Waals surface area contributed by atoms with Crippen LogP contribution in [-0.4, -0.2) is 39.1 Å².